The fraction of sp³-hybridized carbons (Fsp3) is 0.231. The van der Waals surface area contributed by atoms with Crippen LogP contribution in [-0.4, -0.2) is 23.6 Å². The van der Waals surface area contributed by atoms with Crippen molar-refractivity contribution in [3.63, 3.8) is 0 Å². The summed E-state index contributed by atoms with van der Waals surface area (Å²) in [5, 5.41) is 2.90. The van der Waals surface area contributed by atoms with E-state index < -0.39 is 0 Å². The summed E-state index contributed by atoms with van der Waals surface area (Å²) in [5.74, 6) is 1.01. The first kappa shape index (κ1) is 13.1. The van der Waals surface area contributed by atoms with Crippen LogP contribution in [0, 0.1) is 5.82 Å². The summed E-state index contributed by atoms with van der Waals surface area (Å²) in [6.45, 7) is 2.49. The molecule has 0 amide bonds. The number of nitrogens with two attached hydrogens (primary N) is 1. The van der Waals surface area contributed by atoms with Crippen LogP contribution in [0.3, 0.4) is 0 Å². The summed E-state index contributed by atoms with van der Waals surface area (Å²) in [4.78, 5) is 9.92. The molecule has 0 unspecified atom stereocenters. The topological polar surface area (TPSA) is 67.1 Å². The van der Waals surface area contributed by atoms with Gasteiger partial charge in [0.05, 0.1) is 5.69 Å². The Balaban J connectivity index is 2.48. The standard InChI is InChI=1S/C13H16FN5/c1-3-19(10-7-5-4-6-9(10)14)12-8-11(16-2)17-13(15)18-12/h4-8H,3H2,1-2H3,(H3,15,16,17,18). The van der Waals surface area contributed by atoms with Gasteiger partial charge in [0, 0.05) is 19.7 Å². The van der Waals surface area contributed by atoms with Gasteiger partial charge in [-0.3, -0.25) is 0 Å². The number of hydrogen-bond acceptors (Lipinski definition) is 5. The van der Waals surface area contributed by atoms with Crippen molar-refractivity contribution in [1.82, 2.24) is 9.97 Å². The van der Waals surface area contributed by atoms with Crippen LogP contribution in [0.5, 0.6) is 0 Å². The molecule has 1 heterocycles. The van der Waals surface area contributed by atoms with Gasteiger partial charge in [-0.25, -0.2) is 4.39 Å². The Morgan fingerprint density at radius 2 is 2.05 bits per heavy atom. The smallest absolute Gasteiger partial charge is 0.223 e. The lowest BCUT2D eigenvalue weighted by Gasteiger charge is -2.23. The van der Waals surface area contributed by atoms with Crippen LogP contribution in [0.4, 0.5) is 27.7 Å². The SMILES string of the molecule is CCN(c1cc(NC)nc(N)n1)c1ccccc1F. The largest absolute Gasteiger partial charge is 0.373 e. The van der Waals surface area contributed by atoms with E-state index in [1.807, 2.05) is 6.92 Å². The van der Waals surface area contributed by atoms with Crippen molar-refractivity contribution in [2.45, 2.75) is 6.92 Å². The third kappa shape index (κ3) is 2.73. The van der Waals surface area contributed by atoms with Gasteiger partial charge in [0.1, 0.15) is 17.5 Å². The van der Waals surface area contributed by atoms with E-state index in [4.69, 9.17) is 5.73 Å². The Kier molecular flexibility index (Phi) is 3.79. The Morgan fingerprint density at radius 1 is 1.32 bits per heavy atom. The fourth-order valence-electron chi connectivity index (χ4n) is 1.85. The predicted octanol–water partition coefficient (Wildman–Crippen LogP) is 2.40. The number of anilines is 4. The molecule has 2 aromatic rings. The van der Waals surface area contributed by atoms with Crippen molar-refractivity contribution in [2.75, 3.05) is 29.5 Å². The lowest BCUT2D eigenvalue weighted by molar-refractivity contribution is 0.625. The van der Waals surface area contributed by atoms with Crippen molar-refractivity contribution in [3.8, 4) is 0 Å². The molecule has 0 radical (unpaired) electrons. The third-order valence-corrected chi connectivity index (χ3v) is 2.72. The van der Waals surface area contributed by atoms with E-state index in [1.54, 1.807) is 36.2 Å². The monoisotopic (exact) mass is 261 g/mol. The summed E-state index contributed by atoms with van der Waals surface area (Å²) in [7, 11) is 1.74. The normalized spacial score (nSPS) is 10.3. The first-order chi connectivity index (χ1) is 9.15. The number of halogens is 1. The molecule has 0 saturated heterocycles. The molecule has 0 aliphatic carbocycles. The van der Waals surface area contributed by atoms with E-state index in [-0.39, 0.29) is 11.8 Å². The summed E-state index contributed by atoms with van der Waals surface area (Å²) in [6, 6.07) is 8.29. The predicted molar refractivity (Wildman–Crippen MR) is 75.1 cm³/mol. The highest BCUT2D eigenvalue weighted by atomic mass is 19.1. The number of nitrogens with zero attached hydrogens (tertiary/aromatic N) is 3. The second-order valence-corrected chi connectivity index (χ2v) is 3.92. The van der Waals surface area contributed by atoms with Crippen LogP contribution >= 0.6 is 0 Å². The van der Waals surface area contributed by atoms with Gasteiger partial charge in [-0.1, -0.05) is 12.1 Å². The van der Waals surface area contributed by atoms with Gasteiger partial charge in [0.25, 0.3) is 0 Å². The van der Waals surface area contributed by atoms with Crippen LogP contribution in [0.15, 0.2) is 30.3 Å². The molecule has 0 fully saturated rings. The molecule has 0 spiro atoms. The summed E-state index contributed by atoms with van der Waals surface area (Å²) in [5.41, 5.74) is 6.12. The lowest BCUT2D eigenvalue weighted by Crippen LogP contribution is -2.19. The molecule has 0 bridgehead atoms. The highest BCUT2D eigenvalue weighted by molar-refractivity contribution is 5.64. The van der Waals surface area contributed by atoms with E-state index in [1.165, 1.54) is 6.07 Å². The van der Waals surface area contributed by atoms with Gasteiger partial charge >= 0.3 is 0 Å². The summed E-state index contributed by atoms with van der Waals surface area (Å²) < 4.78 is 13.9. The number of hydrogen-bond donors (Lipinski definition) is 2. The highest BCUT2D eigenvalue weighted by Crippen LogP contribution is 2.27. The van der Waals surface area contributed by atoms with Gasteiger partial charge in [-0.05, 0) is 19.1 Å². The molecule has 0 saturated carbocycles. The van der Waals surface area contributed by atoms with Crippen molar-refractivity contribution < 1.29 is 4.39 Å². The zero-order valence-corrected chi connectivity index (χ0v) is 10.9. The van der Waals surface area contributed by atoms with Crippen molar-refractivity contribution in [2.24, 2.45) is 0 Å². The Hall–Kier alpha value is -2.37. The molecule has 6 heteroatoms. The quantitative estimate of drug-likeness (QED) is 0.884. The molecule has 19 heavy (non-hydrogen) atoms. The maximum absolute atomic E-state index is 13.9. The molecule has 1 aromatic heterocycles. The second kappa shape index (κ2) is 5.51. The van der Waals surface area contributed by atoms with Crippen LogP contribution in [0.1, 0.15) is 6.92 Å². The first-order valence-corrected chi connectivity index (χ1v) is 6.00. The number of nitrogens with one attached hydrogen (secondary N) is 1. The van der Waals surface area contributed by atoms with Crippen molar-refractivity contribution in [1.29, 1.82) is 0 Å². The van der Waals surface area contributed by atoms with E-state index in [0.29, 0.717) is 23.9 Å². The Morgan fingerprint density at radius 3 is 2.68 bits per heavy atom. The zero-order chi connectivity index (χ0) is 13.8. The second-order valence-electron chi connectivity index (χ2n) is 3.92. The molecule has 100 valence electrons. The molecule has 1 aromatic carbocycles. The number of rotatable bonds is 4. The van der Waals surface area contributed by atoms with Gasteiger partial charge in [-0.2, -0.15) is 9.97 Å². The molecule has 0 aliphatic rings. The zero-order valence-electron chi connectivity index (χ0n) is 10.9. The molecular weight excluding hydrogens is 245 g/mol. The Bertz CT molecular complexity index is 573. The average Bonchev–Trinajstić information content (AvgIpc) is 2.41. The molecule has 3 N–H and O–H groups in total. The number of aromatic nitrogens is 2. The maximum atomic E-state index is 13.9. The van der Waals surface area contributed by atoms with Gasteiger partial charge in [0.2, 0.25) is 5.95 Å². The minimum absolute atomic E-state index is 0.150. The van der Waals surface area contributed by atoms with Gasteiger partial charge in [0.15, 0.2) is 0 Å². The van der Waals surface area contributed by atoms with Crippen LogP contribution in [0.2, 0.25) is 0 Å². The number of benzene rings is 1. The number of nitrogen functional groups attached to an aromatic ring is 1. The minimum Gasteiger partial charge on any atom is -0.373 e. The molecular formula is C13H16FN5. The maximum Gasteiger partial charge on any atom is 0.223 e. The first-order valence-electron chi connectivity index (χ1n) is 6.00. The van der Waals surface area contributed by atoms with Gasteiger partial charge in [-0.15, -0.1) is 0 Å². The fourth-order valence-corrected chi connectivity index (χ4v) is 1.85. The highest BCUT2D eigenvalue weighted by Gasteiger charge is 2.14. The van der Waals surface area contributed by atoms with Crippen molar-refractivity contribution in [3.05, 3.63) is 36.1 Å². The van der Waals surface area contributed by atoms with Crippen LogP contribution in [-0.2, 0) is 0 Å². The van der Waals surface area contributed by atoms with E-state index in [9.17, 15) is 4.39 Å². The van der Waals surface area contributed by atoms with Crippen LogP contribution in [0.25, 0.3) is 0 Å². The Labute approximate surface area is 111 Å². The molecule has 5 nitrogen and oxygen atoms in total. The molecule has 0 atom stereocenters. The van der Waals surface area contributed by atoms with Crippen LogP contribution < -0.4 is 16.0 Å². The van der Waals surface area contributed by atoms with E-state index >= 15 is 0 Å². The van der Waals surface area contributed by atoms with E-state index in [0.717, 1.165) is 0 Å². The third-order valence-electron chi connectivity index (χ3n) is 2.72. The molecule has 2 rings (SSSR count). The van der Waals surface area contributed by atoms with Crippen molar-refractivity contribution >= 4 is 23.3 Å². The number of para-hydroxylation sites is 1. The molecule has 0 aliphatic heterocycles. The van der Waals surface area contributed by atoms with Gasteiger partial charge < -0.3 is 16.0 Å². The lowest BCUT2D eigenvalue weighted by atomic mass is 10.2. The minimum atomic E-state index is -0.299. The van der Waals surface area contributed by atoms with E-state index in [2.05, 4.69) is 15.3 Å². The summed E-state index contributed by atoms with van der Waals surface area (Å²) in [6.07, 6.45) is 0. The summed E-state index contributed by atoms with van der Waals surface area (Å²) >= 11 is 0. The average molecular weight is 261 g/mol.